The van der Waals surface area contributed by atoms with Crippen molar-refractivity contribution < 1.29 is 0 Å². The minimum absolute atomic E-state index is 0.399. The van der Waals surface area contributed by atoms with Crippen molar-refractivity contribution in [2.24, 2.45) is 16.6 Å². The van der Waals surface area contributed by atoms with Gasteiger partial charge in [0.2, 0.25) is 0 Å². The third-order valence-electron chi connectivity index (χ3n) is 1.93. The Hall–Kier alpha value is -0.180. The van der Waals surface area contributed by atoms with Gasteiger partial charge >= 0.3 is 0 Å². The van der Waals surface area contributed by atoms with Crippen molar-refractivity contribution in [3.8, 4) is 0 Å². The van der Waals surface area contributed by atoms with E-state index in [1.807, 2.05) is 11.8 Å². The second-order valence-corrected chi connectivity index (χ2v) is 4.66. The van der Waals surface area contributed by atoms with Crippen molar-refractivity contribution in [3.05, 3.63) is 0 Å². The second-order valence-electron chi connectivity index (χ2n) is 3.34. The first-order valence-electron chi connectivity index (χ1n) is 4.65. The standard InChI is InChI=1S/C9H18N2S/c1-3-12-6-7(2)11-9(10)8-4-5-8/h7-8H,3-6H2,1-2H3,(H2,10,11). The zero-order valence-electron chi connectivity index (χ0n) is 7.92. The van der Waals surface area contributed by atoms with Gasteiger partial charge in [0.25, 0.3) is 0 Å². The van der Waals surface area contributed by atoms with E-state index >= 15 is 0 Å². The molecular formula is C9H18N2S. The normalized spacial score (nSPS) is 21.0. The third-order valence-corrected chi connectivity index (χ3v) is 3.05. The highest BCUT2D eigenvalue weighted by molar-refractivity contribution is 7.99. The molecule has 0 aromatic carbocycles. The molecule has 1 fully saturated rings. The summed E-state index contributed by atoms with van der Waals surface area (Å²) in [5, 5.41) is 0. The molecule has 1 aliphatic rings. The maximum Gasteiger partial charge on any atom is 0.0972 e. The quantitative estimate of drug-likeness (QED) is 0.526. The average Bonchev–Trinajstić information content (AvgIpc) is 2.82. The maximum atomic E-state index is 5.79. The average molecular weight is 186 g/mol. The molecule has 2 nitrogen and oxygen atoms in total. The Morgan fingerprint density at radius 1 is 1.67 bits per heavy atom. The van der Waals surface area contributed by atoms with Crippen molar-refractivity contribution in [3.63, 3.8) is 0 Å². The van der Waals surface area contributed by atoms with E-state index < -0.39 is 0 Å². The van der Waals surface area contributed by atoms with Crippen molar-refractivity contribution in [1.82, 2.24) is 0 Å². The van der Waals surface area contributed by atoms with Crippen molar-refractivity contribution in [2.45, 2.75) is 32.7 Å². The van der Waals surface area contributed by atoms with Crippen LogP contribution >= 0.6 is 11.8 Å². The van der Waals surface area contributed by atoms with Gasteiger partial charge in [-0.05, 0) is 25.5 Å². The second kappa shape index (κ2) is 4.75. The lowest BCUT2D eigenvalue weighted by Gasteiger charge is -2.06. The van der Waals surface area contributed by atoms with Gasteiger partial charge in [0.15, 0.2) is 0 Å². The zero-order valence-corrected chi connectivity index (χ0v) is 8.73. The molecule has 0 spiro atoms. The fourth-order valence-electron chi connectivity index (χ4n) is 1.06. The molecule has 0 aromatic heterocycles. The highest BCUT2D eigenvalue weighted by atomic mass is 32.2. The van der Waals surface area contributed by atoms with E-state index in [2.05, 4.69) is 18.8 Å². The van der Waals surface area contributed by atoms with Gasteiger partial charge in [-0.2, -0.15) is 11.8 Å². The molecular weight excluding hydrogens is 168 g/mol. The SMILES string of the molecule is CCSCC(C)N=C(N)C1CC1. The molecule has 1 atom stereocenters. The van der Waals surface area contributed by atoms with Crippen LogP contribution in [0, 0.1) is 5.92 Å². The van der Waals surface area contributed by atoms with Crippen molar-refractivity contribution in [2.75, 3.05) is 11.5 Å². The Labute approximate surface area is 79.0 Å². The Balaban J connectivity index is 2.22. The maximum absolute atomic E-state index is 5.79. The molecule has 0 radical (unpaired) electrons. The van der Waals surface area contributed by atoms with Crippen LogP contribution in [0.4, 0.5) is 0 Å². The highest BCUT2D eigenvalue weighted by Crippen LogP contribution is 2.29. The van der Waals surface area contributed by atoms with Gasteiger partial charge in [0.1, 0.15) is 0 Å². The summed E-state index contributed by atoms with van der Waals surface area (Å²) < 4.78 is 0. The van der Waals surface area contributed by atoms with Gasteiger partial charge in [-0.3, -0.25) is 4.99 Å². The summed E-state index contributed by atoms with van der Waals surface area (Å²) in [5.74, 6) is 3.78. The third kappa shape index (κ3) is 3.48. The van der Waals surface area contributed by atoms with Gasteiger partial charge in [0.05, 0.1) is 11.9 Å². The molecule has 1 unspecified atom stereocenters. The molecule has 0 bridgehead atoms. The number of hydrogen-bond acceptors (Lipinski definition) is 2. The number of thioether (sulfide) groups is 1. The summed E-state index contributed by atoms with van der Waals surface area (Å²) in [6, 6.07) is 0.399. The summed E-state index contributed by atoms with van der Waals surface area (Å²) in [4.78, 5) is 4.45. The molecule has 3 heteroatoms. The lowest BCUT2D eigenvalue weighted by molar-refractivity contribution is 0.835. The van der Waals surface area contributed by atoms with Gasteiger partial charge in [-0.1, -0.05) is 6.92 Å². The molecule has 1 saturated carbocycles. The number of hydrogen-bond donors (Lipinski definition) is 1. The van der Waals surface area contributed by atoms with Crippen LogP contribution < -0.4 is 5.73 Å². The summed E-state index contributed by atoms with van der Waals surface area (Å²) in [5.41, 5.74) is 5.79. The molecule has 0 amide bonds. The van der Waals surface area contributed by atoms with E-state index in [9.17, 15) is 0 Å². The van der Waals surface area contributed by atoms with Crippen LogP contribution in [-0.2, 0) is 0 Å². The van der Waals surface area contributed by atoms with Gasteiger partial charge in [0, 0.05) is 11.7 Å². The lowest BCUT2D eigenvalue weighted by Crippen LogP contribution is -2.18. The van der Waals surface area contributed by atoms with Crippen LogP contribution in [0.3, 0.4) is 0 Å². The van der Waals surface area contributed by atoms with Crippen LogP contribution in [0.5, 0.6) is 0 Å². The number of nitrogens with two attached hydrogens (primary N) is 1. The Kier molecular flexibility index (Phi) is 3.92. The first kappa shape index (κ1) is 9.90. The predicted octanol–water partition coefficient (Wildman–Crippen LogP) is 1.90. The molecule has 0 heterocycles. The van der Waals surface area contributed by atoms with Crippen molar-refractivity contribution in [1.29, 1.82) is 0 Å². The number of rotatable bonds is 5. The highest BCUT2D eigenvalue weighted by Gasteiger charge is 2.25. The molecule has 12 heavy (non-hydrogen) atoms. The molecule has 2 N–H and O–H groups in total. The largest absolute Gasteiger partial charge is 0.387 e. The molecule has 1 rings (SSSR count). The first-order valence-corrected chi connectivity index (χ1v) is 5.80. The monoisotopic (exact) mass is 186 g/mol. The predicted molar refractivity (Wildman–Crippen MR) is 56.8 cm³/mol. The molecule has 0 aliphatic heterocycles. The Morgan fingerprint density at radius 3 is 2.83 bits per heavy atom. The van der Waals surface area contributed by atoms with Crippen LogP contribution in [0.25, 0.3) is 0 Å². The number of nitrogens with zero attached hydrogens (tertiary/aromatic N) is 1. The van der Waals surface area contributed by atoms with Gasteiger partial charge in [-0.25, -0.2) is 0 Å². The topological polar surface area (TPSA) is 38.4 Å². The molecule has 1 aliphatic carbocycles. The zero-order chi connectivity index (χ0) is 8.97. The molecule has 0 saturated heterocycles. The minimum atomic E-state index is 0.399. The number of amidine groups is 1. The van der Waals surface area contributed by atoms with Crippen LogP contribution in [0.15, 0.2) is 4.99 Å². The number of aliphatic imine (C=N–C) groups is 1. The summed E-state index contributed by atoms with van der Waals surface area (Å²) >= 11 is 1.93. The summed E-state index contributed by atoms with van der Waals surface area (Å²) in [6.07, 6.45) is 2.51. The minimum Gasteiger partial charge on any atom is -0.387 e. The van der Waals surface area contributed by atoms with Crippen LogP contribution in [0.2, 0.25) is 0 Å². The van der Waals surface area contributed by atoms with E-state index in [4.69, 9.17) is 5.73 Å². The fourth-order valence-corrected chi connectivity index (χ4v) is 1.72. The van der Waals surface area contributed by atoms with E-state index in [-0.39, 0.29) is 0 Å². The van der Waals surface area contributed by atoms with Crippen LogP contribution in [0.1, 0.15) is 26.7 Å². The van der Waals surface area contributed by atoms with E-state index in [1.165, 1.54) is 18.6 Å². The summed E-state index contributed by atoms with van der Waals surface area (Å²) in [7, 11) is 0. The van der Waals surface area contributed by atoms with E-state index in [1.54, 1.807) is 0 Å². The van der Waals surface area contributed by atoms with Crippen molar-refractivity contribution >= 4 is 17.6 Å². The van der Waals surface area contributed by atoms with E-state index in [0.717, 1.165) is 11.6 Å². The lowest BCUT2D eigenvalue weighted by atomic mass is 10.3. The first-order chi connectivity index (χ1) is 5.74. The molecule has 70 valence electrons. The van der Waals surface area contributed by atoms with Gasteiger partial charge < -0.3 is 5.73 Å². The summed E-state index contributed by atoms with van der Waals surface area (Å²) in [6.45, 7) is 4.31. The Morgan fingerprint density at radius 2 is 2.33 bits per heavy atom. The van der Waals surface area contributed by atoms with Crippen LogP contribution in [-0.4, -0.2) is 23.4 Å². The molecule has 0 aromatic rings. The smallest absolute Gasteiger partial charge is 0.0972 e. The van der Waals surface area contributed by atoms with Gasteiger partial charge in [-0.15, -0.1) is 0 Å². The Bertz CT molecular complexity index is 164. The fraction of sp³-hybridized carbons (Fsp3) is 0.889. The van der Waals surface area contributed by atoms with E-state index in [0.29, 0.717) is 12.0 Å².